The summed E-state index contributed by atoms with van der Waals surface area (Å²) in [6, 6.07) is 8.20. The molecule has 0 bridgehead atoms. The van der Waals surface area contributed by atoms with Crippen molar-refractivity contribution in [2.75, 3.05) is 6.54 Å². The lowest BCUT2D eigenvalue weighted by molar-refractivity contribution is 0.544. The summed E-state index contributed by atoms with van der Waals surface area (Å²) < 4.78 is 15.6. The van der Waals surface area contributed by atoms with Crippen molar-refractivity contribution in [2.45, 2.75) is 31.9 Å². The van der Waals surface area contributed by atoms with Crippen molar-refractivity contribution in [3.63, 3.8) is 0 Å². The first-order valence-electron chi connectivity index (χ1n) is 5.29. The van der Waals surface area contributed by atoms with Crippen LogP contribution in [0, 0.1) is 0 Å². The molecule has 90 valence electrons. The summed E-state index contributed by atoms with van der Waals surface area (Å²) >= 11 is 2.42. The van der Waals surface area contributed by atoms with Gasteiger partial charge in [-0.1, -0.05) is 28.1 Å². The van der Waals surface area contributed by atoms with Gasteiger partial charge in [-0.25, -0.2) is 0 Å². The molecule has 1 atom stereocenters. The largest absolute Gasteiger partial charge is 0.598 e. The molecule has 2 nitrogen and oxygen atoms in total. The van der Waals surface area contributed by atoms with E-state index in [1.165, 1.54) is 5.56 Å². The Labute approximate surface area is 109 Å². The predicted octanol–water partition coefficient (Wildman–Crippen LogP) is 3.04. The van der Waals surface area contributed by atoms with Crippen molar-refractivity contribution in [3.8, 4) is 0 Å². The number of rotatable bonds is 4. The number of hydrogen-bond donors (Lipinski definition) is 1. The minimum Gasteiger partial charge on any atom is -0.598 e. The van der Waals surface area contributed by atoms with E-state index < -0.39 is 11.4 Å². The highest BCUT2D eigenvalue weighted by Gasteiger charge is 2.25. The van der Waals surface area contributed by atoms with Crippen molar-refractivity contribution in [1.29, 1.82) is 0 Å². The number of hydrogen-bond acceptors (Lipinski definition) is 2. The van der Waals surface area contributed by atoms with Crippen LogP contribution in [0.25, 0.3) is 0 Å². The third kappa shape index (κ3) is 4.87. The fourth-order valence-electron chi connectivity index (χ4n) is 1.16. The van der Waals surface area contributed by atoms with Gasteiger partial charge in [-0.3, -0.25) is 0 Å². The fourth-order valence-corrected chi connectivity index (χ4v) is 2.14. The van der Waals surface area contributed by atoms with E-state index in [2.05, 4.69) is 32.8 Å². The van der Waals surface area contributed by atoms with E-state index in [0.717, 1.165) is 17.4 Å². The first-order valence-corrected chi connectivity index (χ1v) is 7.24. The predicted molar refractivity (Wildman–Crippen MR) is 73.7 cm³/mol. The van der Waals surface area contributed by atoms with E-state index in [9.17, 15) is 4.55 Å². The molecule has 0 aliphatic carbocycles. The second-order valence-electron chi connectivity index (χ2n) is 4.65. The van der Waals surface area contributed by atoms with E-state index in [1.54, 1.807) is 0 Å². The smallest absolute Gasteiger partial charge is 0.136 e. The third-order valence-electron chi connectivity index (χ3n) is 2.12. The van der Waals surface area contributed by atoms with Gasteiger partial charge in [0.15, 0.2) is 0 Å². The second-order valence-corrected chi connectivity index (χ2v) is 7.62. The van der Waals surface area contributed by atoms with Crippen LogP contribution in [0.4, 0.5) is 0 Å². The third-order valence-corrected chi connectivity index (χ3v) is 4.22. The zero-order chi connectivity index (χ0) is 12.2. The van der Waals surface area contributed by atoms with Crippen molar-refractivity contribution in [3.05, 3.63) is 34.3 Å². The minimum atomic E-state index is -0.975. The summed E-state index contributed by atoms with van der Waals surface area (Å²) in [7, 11) is 0. The highest BCUT2D eigenvalue weighted by Crippen LogP contribution is 2.13. The Balaban J connectivity index is 2.33. The van der Waals surface area contributed by atoms with Crippen molar-refractivity contribution < 1.29 is 4.55 Å². The second kappa shape index (κ2) is 6.05. The Bertz CT molecular complexity index is 321. The molecule has 0 aliphatic rings. The van der Waals surface area contributed by atoms with E-state index in [4.69, 9.17) is 0 Å². The van der Waals surface area contributed by atoms with E-state index in [1.807, 2.05) is 32.9 Å². The highest BCUT2D eigenvalue weighted by atomic mass is 79.9. The maximum atomic E-state index is 11.7. The molecular formula is C12H18BrNOS. The van der Waals surface area contributed by atoms with Gasteiger partial charge in [-0.15, -0.1) is 4.72 Å². The maximum Gasteiger partial charge on any atom is 0.136 e. The van der Waals surface area contributed by atoms with Crippen LogP contribution in [0.1, 0.15) is 26.3 Å². The van der Waals surface area contributed by atoms with Gasteiger partial charge in [-0.05, 0) is 44.9 Å². The fraction of sp³-hybridized carbons (Fsp3) is 0.500. The van der Waals surface area contributed by atoms with E-state index in [0.29, 0.717) is 0 Å². The Morgan fingerprint density at radius 2 is 1.81 bits per heavy atom. The molecular weight excluding hydrogens is 286 g/mol. The molecule has 0 heterocycles. The van der Waals surface area contributed by atoms with Crippen LogP contribution in [0.2, 0.25) is 0 Å². The molecule has 0 spiro atoms. The van der Waals surface area contributed by atoms with Gasteiger partial charge < -0.3 is 4.55 Å². The van der Waals surface area contributed by atoms with Crippen LogP contribution in [0.15, 0.2) is 28.7 Å². The summed E-state index contributed by atoms with van der Waals surface area (Å²) in [5, 5.41) is 0. The van der Waals surface area contributed by atoms with E-state index in [-0.39, 0.29) is 4.75 Å². The molecule has 0 radical (unpaired) electrons. The van der Waals surface area contributed by atoms with Crippen LogP contribution in [-0.4, -0.2) is 15.8 Å². The first-order chi connectivity index (χ1) is 7.39. The van der Waals surface area contributed by atoms with Crippen molar-refractivity contribution in [2.24, 2.45) is 0 Å². The lowest BCUT2D eigenvalue weighted by atomic mass is 10.2. The lowest BCUT2D eigenvalue weighted by Crippen LogP contribution is -2.40. The molecule has 0 aliphatic heterocycles. The standard InChI is InChI=1S/C12H18BrNOS/c1-12(2,3)16(15)14-9-8-10-4-6-11(13)7-5-10/h4-7,14H,8-9H2,1-3H3. The molecule has 0 saturated carbocycles. The van der Waals surface area contributed by atoms with Crippen LogP contribution >= 0.6 is 15.9 Å². The number of benzene rings is 1. The quantitative estimate of drug-likeness (QED) is 0.868. The SMILES string of the molecule is CC(C)(C)[S+]([O-])NCCc1ccc(Br)cc1. The topological polar surface area (TPSA) is 35.1 Å². The van der Waals surface area contributed by atoms with Crippen LogP contribution < -0.4 is 4.72 Å². The van der Waals surface area contributed by atoms with E-state index >= 15 is 0 Å². The molecule has 1 aromatic rings. The summed E-state index contributed by atoms with van der Waals surface area (Å²) in [4.78, 5) is 0. The molecule has 1 aromatic carbocycles. The zero-order valence-corrected chi connectivity index (χ0v) is 12.3. The van der Waals surface area contributed by atoms with Gasteiger partial charge in [0.05, 0.1) is 0 Å². The Hall–Kier alpha value is -0.0300. The normalized spacial score (nSPS) is 13.8. The van der Waals surface area contributed by atoms with Crippen molar-refractivity contribution in [1.82, 2.24) is 4.72 Å². The van der Waals surface area contributed by atoms with Crippen LogP contribution in [0.3, 0.4) is 0 Å². The zero-order valence-electron chi connectivity index (χ0n) is 9.92. The number of halogens is 1. The summed E-state index contributed by atoms with van der Waals surface area (Å²) in [5.41, 5.74) is 1.25. The Morgan fingerprint density at radius 1 is 1.25 bits per heavy atom. The minimum absolute atomic E-state index is 0.195. The van der Waals surface area contributed by atoms with Gasteiger partial charge in [0.1, 0.15) is 4.75 Å². The summed E-state index contributed by atoms with van der Waals surface area (Å²) in [5.74, 6) is 0. The molecule has 0 aromatic heterocycles. The monoisotopic (exact) mass is 303 g/mol. The van der Waals surface area contributed by atoms with Crippen LogP contribution in [-0.2, 0) is 17.8 Å². The molecule has 1 N–H and O–H groups in total. The Kier molecular flexibility index (Phi) is 5.31. The highest BCUT2D eigenvalue weighted by molar-refractivity contribution is 9.10. The van der Waals surface area contributed by atoms with Gasteiger partial charge in [0.25, 0.3) is 0 Å². The average molecular weight is 304 g/mol. The summed E-state index contributed by atoms with van der Waals surface area (Å²) in [6.45, 7) is 6.65. The van der Waals surface area contributed by atoms with Gasteiger partial charge in [0.2, 0.25) is 0 Å². The summed E-state index contributed by atoms with van der Waals surface area (Å²) in [6.07, 6.45) is 0.898. The number of nitrogens with one attached hydrogen (secondary N) is 1. The van der Waals surface area contributed by atoms with Gasteiger partial charge >= 0.3 is 0 Å². The maximum absolute atomic E-state index is 11.7. The molecule has 4 heteroatoms. The van der Waals surface area contributed by atoms with Gasteiger partial charge in [0, 0.05) is 22.4 Å². The van der Waals surface area contributed by atoms with Crippen LogP contribution in [0.5, 0.6) is 0 Å². The molecule has 0 saturated heterocycles. The Morgan fingerprint density at radius 3 is 2.31 bits per heavy atom. The molecule has 0 amide bonds. The molecule has 1 rings (SSSR count). The average Bonchev–Trinajstić information content (AvgIpc) is 2.19. The molecule has 0 fully saturated rings. The van der Waals surface area contributed by atoms with Crippen molar-refractivity contribution >= 4 is 27.3 Å². The molecule has 1 unspecified atom stereocenters. The first kappa shape index (κ1) is 14.0. The lowest BCUT2D eigenvalue weighted by Gasteiger charge is -2.23. The van der Waals surface area contributed by atoms with Gasteiger partial charge in [-0.2, -0.15) is 0 Å². The molecule has 16 heavy (non-hydrogen) atoms.